The van der Waals surface area contributed by atoms with Crippen LogP contribution in [0, 0.1) is 0 Å². The summed E-state index contributed by atoms with van der Waals surface area (Å²) in [4.78, 5) is 11.8. The number of unbranched alkanes of at least 4 members (excludes halogenated alkanes) is 2. The van der Waals surface area contributed by atoms with Crippen LogP contribution in [-0.2, 0) is 6.18 Å². The van der Waals surface area contributed by atoms with Crippen molar-refractivity contribution >= 4 is 23.3 Å². The van der Waals surface area contributed by atoms with Crippen molar-refractivity contribution in [1.29, 1.82) is 0 Å². The fourth-order valence-electron chi connectivity index (χ4n) is 1.95. The van der Waals surface area contributed by atoms with Gasteiger partial charge in [-0.1, -0.05) is 37.8 Å². The normalized spacial score (nSPS) is 12.8. The third-order valence-electron chi connectivity index (χ3n) is 3.16. The predicted octanol–water partition coefficient (Wildman–Crippen LogP) is 5.45. The monoisotopic (exact) mass is 336 g/mol. The number of amides is 2. The van der Waals surface area contributed by atoms with Crippen LogP contribution in [0.15, 0.2) is 18.2 Å². The van der Waals surface area contributed by atoms with Crippen molar-refractivity contribution in [2.24, 2.45) is 0 Å². The Balaban J connectivity index is 2.64. The third kappa shape index (κ3) is 6.13. The molecule has 0 aliphatic carbocycles. The van der Waals surface area contributed by atoms with Crippen molar-refractivity contribution < 1.29 is 18.0 Å². The van der Waals surface area contributed by atoms with Gasteiger partial charge >= 0.3 is 12.2 Å². The lowest BCUT2D eigenvalue weighted by Crippen LogP contribution is -2.36. The smallest absolute Gasteiger partial charge is 0.335 e. The summed E-state index contributed by atoms with van der Waals surface area (Å²) in [5.41, 5.74) is -0.919. The van der Waals surface area contributed by atoms with Crippen molar-refractivity contribution in [2.45, 2.75) is 51.7 Å². The first-order chi connectivity index (χ1) is 10.2. The quantitative estimate of drug-likeness (QED) is 0.666. The summed E-state index contributed by atoms with van der Waals surface area (Å²) >= 11 is 5.82. The number of carbonyl (C=O) groups is 1. The molecule has 2 N–H and O–H groups in total. The summed E-state index contributed by atoms with van der Waals surface area (Å²) in [5, 5.41) is 5.10. The number of alkyl halides is 3. The van der Waals surface area contributed by atoms with Crippen LogP contribution in [0.5, 0.6) is 0 Å². The maximum atomic E-state index is 12.6. The average molecular weight is 337 g/mol. The van der Waals surface area contributed by atoms with Crippen LogP contribution in [0.1, 0.15) is 45.1 Å². The van der Waals surface area contributed by atoms with Gasteiger partial charge < -0.3 is 10.6 Å². The summed E-state index contributed by atoms with van der Waals surface area (Å²) in [7, 11) is 0. The average Bonchev–Trinajstić information content (AvgIpc) is 2.40. The molecule has 0 saturated heterocycles. The topological polar surface area (TPSA) is 41.1 Å². The van der Waals surface area contributed by atoms with Crippen LogP contribution in [0.25, 0.3) is 0 Å². The van der Waals surface area contributed by atoms with Crippen molar-refractivity contribution in [1.82, 2.24) is 5.32 Å². The number of hydrogen-bond acceptors (Lipinski definition) is 1. The van der Waals surface area contributed by atoms with Gasteiger partial charge in [-0.25, -0.2) is 4.79 Å². The van der Waals surface area contributed by atoms with Crippen molar-refractivity contribution in [3.63, 3.8) is 0 Å². The molecule has 7 heteroatoms. The number of benzene rings is 1. The van der Waals surface area contributed by atoms with Crippen LogP contribution in [0.3, 0.4) is 0 Å². The number of urea groups is 1. The van der Waals surface area contributed by atoms with E-state index in [2.05, 4.69) is 17.6 Å². The van der Waals surface area contributed by atoms with E-state index < -0.39 is 17.8 Å². The largest absolute Gasteiger partial charge is 0.416 e. The van der Waals surface area contributed by atoms with Crippen LogP contribution in [0.2, 0.25) is 5.02 Å². The molecule has 0 aromatic heterocycles. The molecule has 1 aromatic rings. The molecular formula is C15H20ClF3N2O. The molecule has 0 bridgehead atoms. The molecule has 2 amide bonds. The number of carbonyl (C=O) groups excluding carboxylic acids is 1. The van der Waals surface area contributed by atoms with Crippen LogP contribution >= 0.6 is 11.6 Å². The molecule has 1 atom stereocenters. The van der Waals surface area contributed by atoms with E-state index in [4.69, 9.17) is 11.6 Å². The number of rotatable bonds is 6. The highest BCUT2D eigenvalue weighted by Crippen LogP contribution is 2.33. The van der Waals surface area contributed by atoms with Gasteiger partial charge in [-0.15, -0.1) is 0 Å². The van der Waals surface area contributed by atoms with E-state index in [1.807, 2.05) is 6.92 Å². The molecule has 0 unspecified atom stereocenters. The number of halogens is 4. The minimum Gasteiger partial charge on any atom is -0.335 e. The molecule has 1 aromatic carbocycles. The molecule has 22 heavy (non-hydrogen) atoms. The lowest BCUT2D eigenvalue weighted by molar-refractivity contribution is -0.137. The molecule has 0 saturated carbocycles. The zero-order valence-corrected chi connectivity index (χ0v) is 13.3. The van der Waals surface area contributed by atoms with Crippen molar-refractivity contribution in [2.75, 3.05) is 5.32 Å². The Kier molecular flexibility index (Phi) is 7.00. The first-order valence-corrected chi connectivity index (χ1v) is 7.56. The summed E-state index contributed by atoms with van der Waals surface area (Å²) in [5.74, 6) is 0. The van der Waals surface area contributed by atoms with Crippen LogP contribution in [-0.4, -0.2) is 12.1 Å². The van der Waals surface area contributed by atoms with E-state index in [1.165, 1.54) is 0 Å². The van der Waals surface area contributed by atoms with Crippen LogP contribution in [0.4, 0.5) is 23.7 Å². The first-order valence-electron chi connectivity index (χ1n) is 7.18. The molecule has 0 fully saturated rings. The minimum absolute atomic E-state index is 0.0572. The number of nitrogens with one attached hydrogen (secondary N) is 2. The second-order valence-corrected chi connectivity index (χ2v) is 5.59. The highest BCUT2D eigenvalue weighted by atomic mass is 35.5. The Morgan fingerprint density at radius 1 is 1.32 bits per heavy atom. The van der Waals surface area contributed by atoms with Crippen LogP contribution < -0.4 is 10.6 Å². The Morgan fingerprint density at radius 3 is 2.59 bits per heavy atom. The van der Waals surface area contributed by atoms with Crippen molar-refractivity contribution in [3.8, 4) is 0 Å². The second kappa shape index (κ2) is 8.27. The summed E-state index contributed by atoms with van der Waals surface area (Å²) < 4.78 is 37.9. The molecule has 1 rings (SSSR count). The van der Waals surface area contributed by atoms with E-state index in [1.54, 1.807) is 0 Å². The minimum atomic E-state index is -4.48. The second-order valence-electron chi connectivity index (χ2n) is 5.19. The van der Waals surface area contributed by atoms with Gasteiger partial charge in [-0.05, 0) is 31.5 Å². The highest BCUT2D eigenvalue weighted by molar-refractivity contribution is 6.33. The van der Waals surface area contributed by atoms with Gasteiger partial charge in [0.2, 0.25) is 0 Å². The van der Waals surface area contributed by atoms with Gasteiger partial charge in [0.05, 0.1) is 16.3 Å². The zero-order valence-electron chi connectivity index (χ0n) is 12.6. The Labute approximate surface area is 133 Å². The molecule has 124 valence electrons. The summed E-state index contributed by atoms with van der Waals surface area (Å²) in [6, 6.07) is 2.19. The first kappa shape index (κ1) is 18.6. The van der Waals surface area contributed by atoms with E-state index in [0.717, 1.165) is 43.9 Å². The maximum absolute atomic E-state index is 12.6. The Hall–Kier alpha value is -1.43. The third-order valence-corrected chi connectivity index (χ3v) is 3.49. The van der Waals surface area contributed by atoms with Crippen molar-refractivity contribution in [3.05, 3.63) is 28.8 Å². The summed E-state index contributed by atoms with van der Waals surface area (Å²) in [6.45, 7) is 3.93. The van der Waals surface area contributed by atoms with Gasteiger partial charge in [0, 0.05) is 6.04 Å². The lowest BCUT2D eigenvalue weighted by atomic mass is 10.1. The Bertz CT molecular complexity index is 506. The highest BCUT2D eigenvalue weighted by Gasteiger charge is 2.31. The standard InChI is InChI=1S/C15H20ClF3N2O/c1-3-4-5-6-10(2)20-14(22)21-13-9-11(15(17,18)19)7-8-12(13)16/h7-10H,3-6H2,1-2H3,(H2,20,21,22)/t10-/m0/s1. The molecule has 0 aliphatic rings. The fraction of sp³-hybridized carbons (Fsp3) is 0.533. The Morgan fingerprint density at radius 2 is 2.00 bits per heavy atom. The SMILES string of the molecule is CCCCC[C@H](C)NC(=O)Nc1cc(C(F)(F)F)ccc1Cl. The van der Waals surface area contributed by atoms with Gasteiger partial charge in [0.1, 0.15) is 0 Å². The number of anilines is 1. The van der Waals surface area contributed by atoms with Gasteiger partial charge in [-0.3, -0.25) is 0 Å². The maximum Gasteiger partial charge on any atom is 0.416 e. The van der Waals surface area contributed by atoms with Gasteiger partial charge in [-0.2, -0.15) is 13.2 Å². The number of hydrogen-bond donors (Lipinski definition) is 2. The zero-order chi connectivity index (χ0) is 16.8. The molecule has 0 aliphatic heterocycles. The molecule has 0 spiro atoms. The lowest BCUT2D eigenvalue weighted by Gasteiger charge is -2.16. The van der Waals surface area contributed by atoms with E-state index >= 15 is 0 Å². The predicted molar refractivity (Wildman–Crippen MR) is 82.2 cm³/mol. The molecule has 3 nitrogen and oxygen atoms in total. The molecule has 0 heterocycles. The van der Waals surface area contributed by atoms with E-state index in [0.29, 0.717) is 0 Å². The molecular weight excluding hydrogens is 317 g/mol. The van der Waals surface area contributed by atoms with Gasteiger partial charge in [0.25, 0.3) is 0 Å². The molecule has 0 radical (unpaired) electrons. The van der Waals surface area contributed by atoms with E-state index in [-0.39, 0.29) is 16.8 Å². The fourth-order valence-corrected chi connectivity index (χ4v) is 2.12. The van der Waals surface area contributed by atoms with E-state index in [9.17, 15) is 18.0 Å². The van der Waals surface area contributed by atoms with Gasteiger partial charge in [0.15, 0.2) is 0 Å². The summed E-state index contributed by atoms with van der Waals surface area (Å²) in [6.07, 6.45) is -0.517.